The van der Waals surface area contributed by atoms with E-state index in [1.54, 1.807) is 0 Å². The Kier molecular flexibility index (Phi) is 3.86. The molecule has 0 radical (unpaired) electrons. The molecule has 0 aliphatic carbocycles. The van der Waals surface area contributed by atoms with Gasteiger partial charge in [0.25, 0.3) is 5.91 Å². The average Bonchev–Trinajstić information content (AvgIpc) is 3.20. The van der Waals surface area contributed by atoms with Crippen molar-refractivity contribution in [3.8, 4) is 11.3 Å². The maximum absolute atomic E-state index is 12.9. The van der Waals surface area contributed by atoms with Crippen LogP contribution in [0.2, 0.25) is 0 Å². The summed E-state index contributed by atoms with van der Waals surface area (Å²) in [5.74, 6) is -0.124. The van der Waals surface area contributed by atoms with Crippen LogP contribution in [0, 0.1) is 6.92 Å². The lowest BCUT2D eigenvalue weighted by Crippen LogP contribution is -2.11. The molecular weight excluding hydrogens is 330 g/mol. The number of aryl methyl sites for hydroxylation is 2. The third kappa shape index (κ3) is 2.83. The van der Waals surface area contributed by atoms with Crippen molar-refractivity contribution < 1.29 is 4.79 Å². The number of nitrogens with zero attached hydrogens (tertiary/aromatic N) is 2. The van der Waals surface area contributed by atoms with Gasteiger partial charge in [-0.05, 0) is 25.1 Å². The third-order valence-corrected chi connectivity index (χ3v) is 5.13. The number of nitrogens with one attached hydrogen (secondary N) is 1. The molecule has 0 fully saturated rings. The van der Waals surface area contributed by atoms with Crippen molar-refractivity contribution in [1.82, 2.24) is 9.55 Å². The highest BCUT2D eigenvalue weighted by Crippen LogP contribution is 2.30. The molecule has 124 valence electrons. The fourth-order valence-electron chi connectivity index (χ4n) is 2.96. The summed E-state index contributed by atoms with van der Waals surface area (Å²) in [4.78, 5) is 18.1. The molecule has 2 aromatic heterocycles. The Balaban J connectivity index is 1.72. The fraction of sp³-hybridized carbons (Fsp3) is 0.100. The van der Waals surface area contributed by atoms with Crippen LogP contribution in [-0.4, -0.2) is 15.5 Å². The van der Waals surface area contributed by atoms with E-state index in [1.807, 2.05) is 79.3 Å². The van der Waals surface area contributed by atoms with Crippen LogP contribution in [0.3, 0.4) is 0 Å². The van der Waals surface area contributed by atoms with Crippen LogP contribution < -0.4 is 5.32 Å². The number of thiazole rings is 1. The summed E-state index contributed by atoms with van der Waals surface area (Å²) >= 11 is 1.42. The Hall–Kier alpha value is -2.92. The van der Waals surface area contributed by atoms with Gasteiger partial charge >= 0.3 is 0 Å². The quantitative estimate of drug-likeness (QED) is 0.575. The molecule has 5 heteroatoms. The van der Waals surface area contributed by atoms with E-state index in [2.05, 4.69) is 10.3 Å². The molecule has 1 amide bonds. The lowest BCUT2D eigenvalue weighted by atomic mass is 10.1. The van der Waals surface area contributed by atoms with E-state index in [0.29, 0.717) is 4.88 Å². The van der Waals surface area contributed by atoms with E-state index in [4.69, 9.17) is 0 Å². The number of rotatable bonds is 3. The van der Waals surface area contributed by atoms with E-state index >= 15 is 0 Å². The zero-order valence-corrected chi connectivity index (χ0v) is 14.8. The van der Waals surface area contributed by atoms with Crippen molar-refractivity contribution >= 4 is 33.8 Å². The van der Waals surface area contributed by atoms with Crippen molar-refractivity contribution in [2.24, 2.45) is 7.05 Å². The zero-order chi connectivity index (χ0) is 17.4. The molecule has 0 unspecified atom stereocenters. The third-order valence-electron chi connectivity index (χ3n) is 4.16. The van der Waals surface area contributed by atoms with Crippen molar-refractivity contribution in [3.05, 3.63) is 70.7 Å². The van der Waals surface area contributed by atoms with Crippen LogP contribution in [0.1, 0.15) is 14.7 Å². The summed E-state index contributed by atoms with van der Waals surface area (Å²) in [5.41, 5.74) is 3.59. The SMILES string of the molecule is Cc1nc(-c2ccccc2)c(C(=O)Nc2cccc3c2ccn3C)s1. The minimum Gasteiger partial charge on any atom is -0.350 e. The summed E-state index contributed by atoms with van der Waals surface area (Å²) in [6.07, 6.45) is 1.99. The van der Waals surface area contributed by atoms with E-state index in [-0.39, 0.29) is 5.91 Å². The molecular formula is C20H17N3OS. The minimum absolute atomic E-state index is 0.124. The summed E-state index contributed by atoms with van der Waals surface area (Å²) in [6, 6.07) is 17.8. The summed E-state index contributed by atoms with van der Waals surface area (Å²) in [5, 5.41) is 4.96. The van der Waals surface area contributed by atoms with Crippen LogP contribution in [0.4, 0.5) is 5.69 Å². The smallest absolute Gasteiger partial charge is 0.268 e. The summed E-state index contributed by atoms with van der Waals surface area (Å²) in [6.45, 7) is 1.92. The normalized spacial score (nSPS) is 11.0. The van der Waals surface area contributed by atoms with Crippen LogP contribution in [0.15, 0.2) is 60.8 Å². The van der Waals surface area contributed by atoms with Gasteiger partial charge in [0.2, 0.25) is 0 Å². The Morgan fingerprint density at radius 1 is 1.08 bits per heavy atom. The second kappa shape index (κ2) is 6.18. The number of aromatic nitrogens is 2. The largest absolute Gasteiger partial charge is 0.350 e. The van der Waals surface area contributed by atoms with Gasteiger partial charge < -0.3 is 9.88 Å². The number of anilines is 1. The van der Waals surface area contributed by atoms with Gasteiger partial charge in [0.15, 0.2) is 0 Å². The second-order valence-corrected chi connectivity index (χ2v) is 7.10. The van der Waals surface area contributed by atoms with Gasteiger partial charge in [0.1, 0.15) is 4.88 Å². The highest BCUT2D eigenvalue weighted by atomic mass is 32.1. The van der Waals surface area contributed by atoms with Gasteiger partial charge in [-0.3, -0.25) is 4.79 Å². The lowest BCUT2D eigenvalue weighted by Gasteiger charge is -2.07. The van der Waals surface area contributed by atoms with Crippen molar-refractivity contribution in [1.29, 1.82) is 0 Å². The standard InChI is InChI=1S/C20H17N3OS/c1-13-21-18(14-7-4-3-5-8-14)19(25-13)20(24)22-16-9-6-10-17-15(16)11-12-23(17)2/h3-12H,1-2H3,(H,22,24). The van der Waals surface area contributed by atoms with Crippen molar-refractivity contribution in [3.63, 3.8) is 0 Å². The van der Waals surface area contributed by atoms with Gasteiger partial charge in [0.05, 0.1) is 16.4 Å². The van der Waals surface area contributed by atoms with Crippen molar-refractivity contribution in [2.45, 2.75) is 6.92 Å². The molecule has 0 spiro atoms. The fourth-order valence-corrected chi connectivity index (χ4v) is 3.80. The summed E-state index contributed by atoms with van der Waals surface area (Å²) in [7, 11) is 1.99. The molecule has 0 atom stereocenters. The molecule has 0 saturated carbocycles. The number of amides is 1. The van der Waals surface area contributed by atoms with Crippen LogP contribution in [0.25, 0.3) is 22.2 Å². The van der Waals surface area contributed by atoms with Gasteiger partial charge in [-0.25, -0.2) is 4.98 Å². The first-order valence-electron chi connectivity index (χ1n) is 8.02. The number of hydrogen-bond donors (Lipinski definition) is 1. The molecule has 4 nitrogen and oxygen atoms in total. The molecule has 25 heavy (non-hydrogen) atoms. The molecule has 0 aliphatic rings. The Morgan fingerprint density at radius 2 is 1.88 bits per heavy atom. The number of carbonyl (C=O) groups excluding carboxylic acids is 1. The van der Waals surface area contributed by atoms with Crippen LogP contribution in [-0.2, 0) is 7.05 Å². The Morgan fingerprint density at radius 3 is 2.68 bits per heavy atom. The van der Waals surface area contributed by atoms with Gasteiger partial charge in [0, 0.05) is 29.7 Å². The number of benzene rings is 2. The van der Waals surface area contributed by atoms with E-state index in [1.165, 1.54) is 11.3 Å². The first-order valence-corrected chi connectivity index (χ1v) is 8.83. The molecule has 0 saturated heterocycles. The number of fused-ring (bicyclic) bond motifs is 1. The van der Waals surface area contributed by atoms with Gasteiger partial charge in [-0.2, -0.15) is 0 Å². The predicted molar refractivity (Wildman–Crippen MR) is 103 cm³/mol. The molecule has 0 aliphatic heterocycles. The number of carbonyl (C=O) groups is 1. The maximum Gasteiger partial charge on any atom is 0.268 e. The molecule has 4 rings (SSSR count). The topological polar surface area (TPSA) is 46.9 Å². The zero-order valence-electron chi connectivity index (χ0n) is 14.0. The summed E-state index contributed by atoms with van der Waals surface area (Å²) < 4.78 is 2.04. The van der Waals surface area contributed by atoms with E-state index in [0.717, 1.165) is 32.9 Å². The van der Waals surface area contributed by atoms with E-state index < -0.39 is 0 Å². The minimum atomic E-state index is -0.124. The molecule has 0 bridgehead atoms. The maximum atomic E-state index is 12.9. The Bertz CT molecular complexity index is 1060. The highest BCUT2D eigenvalue weighted by molar-refractivity contribution is 7.14. The molecule has 1 N–H and O–H groups in total. The van der Waals surface area contributed by atoms with Crippen LogP contribution in [0.5, 0.6) is 0 Å². The van der Waals surface area contributed by atoms with Crippen LogP contribution >= 0.6 is 11.3 Å². The van der Waals surface area contributed by atoms with Crippen molar-refractivity contribution in [2.75, 3.05) is 5.32 Å². The first-order chi connectivity index (χ1) is 12.1. The average molecular weight is 347 g/mol. The molecule has 2 heterocycles. The predicted octanol–water partition coefficient (Wildman–Crippen LogP) is 4.86. The van der Waals surface area contributed by atoms with Gasteiger partial charge in [-0.1, -0.05) is 36.4 Å². The number of hydrogen-bond acceptors (Lipinski definition) is 3. The second-order valence-electron chi connectivity index (χ2n) is 5.90. The Labute approximate surface area is 149 Å². The first kappa shape index (κ1) is 15.6. The van der Waals surface area contributed by atoms with Gasteiger partial charge in [-0.15, -0.1) is 11.3 Å². The lowest BCUT2D eigenvalue weighted by molar-refractivity contribution is 0.103. The monoisotopic (exact) mass is 347 g/mol. The highest BCUT2D eigenvalue weighted by Gasteiger charge is 2.19. The van der Waals surface area contributed by atoms with E-state index in [9.17, 15) is 4.79 Å². The molecule has 4 aromatic rings. The molecule has 2 aromatic carbocycles.